The summed E-state index contributed by atoms with van der Waals surface area (Å²) in [6, 6.07) is 7.41. The first-order valence-corrected chi connectivity index (χ1v) is 7.19. The molecule has 7 heteroatoms. The van der Waals surface area contributed by atoms with Gasteiger partial charge in [0.2, 0.25) is 0 Å². The normalized spacial score (nSPS) is 11.7. The molecule has 2 aromatic rings. The van der Waals surface area contributed by atoms with Crippen LogP contribution >= 0.6 is 11.3 Å². The van der Waals surface area contributed by atoms with E-state index in [0.29, 0.717) is 23.6 Å². The molecule has 1 N–H and O–H groups in total. The van der Waals surface area contributed by atoms with Crippen molar-refractivity contribution in [2.24, 2.45) is 0 Å². The maximum Gasteiger partial charge on any atom is 0.427 e. The number of aromatic nitrogens is 1. The average molecular weight is 316 g/mol. The number of nitrogens with zero attached hydrogens (tertiary/aromatic N) is 1. The summed E-state index contributed by atoms with van der Waals surface area (Å²) in [6.45, 7) is 4.19. The molecule has 0 fully saturated rings. The molecule has 1 aromatic heterocycles. The molecule has 21 heavy (non-hydrogen) atoms. The van der Waals surface area contributed by atoms with Crippen LogP contribution in [0.2, 0.25) is 0 Å². The summed E-state index contributed by atoms with van der Waals surface area (Å²) in [4.78, 5) is 3.02. The van der Waals surface area contributed by atoms with Gasteiger partial charge in [-0.15, -0.1) is 0 Å². The Bertz CT molecular complexity index is 596. The first-order chi connectivity index (χ1) is 9.86. The molecule has 0 amide bonds. The molecular formula is C14H15F3N2OS. The van der Waals surface area contributed by atoms with Gasteiger partial charge in [0.05, 0.1) is 12.3 Å². The number of thiazole rings is 1. The predicted octanol–water partition coefficient (Wildman–Crippen LogP) is 4.56. The van der Waals surface area contributed by atoms with Crippen LogP contribution in [0, 0.1) is 0 Å². The minimum atomic E-state index is -4.35. The van der Waals surface area contributed by atoms with Crippen molar-refractivity contribution in [3.63, 3.8) is 0 Å². The number of anilines is 1. The van der Waals surface area contributed by atoms with Crippen LogP contribution in [-0.2, 0) is 12.7 Å². The number of hydrogen-bond acceptors (Lipinski definition) is 4. The van der Waals surface area contributed by atoms with E-state index in [2.05, 4.69) is 10.3 Å². The fourth-order valence-corrected chi connectivity index (χ4v) is 2.36. The molecule has 0 aliphatic rings. The third kappa shape index (κ3) is 4.35. The smallest absolute Gasteiger partial charge is 0.427 e. The Hall–Kier alpha value is -1.76. The SMILES string of the molecule is CC(C)Oc1ccccc1CNc1ncc(C(F)(F)F)s1. The second-order valence-electron chi connectivity index (χ2n) is 4.66. The Morgan fingerprint density at radius 3 is 2.62 bits per heavy atom. The van der Waals surface area contributed by atoms with E-state index in [4.69, 9.17) is 4.74 Å². The zero-order chi connectivity index (χ0) is 15.5. The first-order valence-electron chi connectivity index (χ1n) is 6.37. The molecular weight excluding hydrogens is 301 g/mol. The van der Waals surface area contributed by atoms with E-state index >= 15 is 0 Å². The second kappa shape index (κ2) is 6.34. The molecule has 1 aromatic carbocycles. The fraction of sp³-hybridized carbons (Fsp3) is 0.357. The molecule has 0 radical (unpaired) electrons. The van der Waals surface area contributed by atoms with E-state index in [1.54, 1.807) is 0 Å². The van der Waals surface area contributed by atoms with Crippen molar-refractivity contribution in [2.45, 2.75) is 32.7 Å². The van der Waals surface area contributed by atoms with Gasteiger partial charge in [0.25, 0.3) is 0 Å². The maximum atomic E-state index is 12.5. The van der Waals surface area contributed by atoms with Crippen molar-refractivity contribution < 1.29 is 17.9 Å². The summed E-state index contributed by atoms with van der Waals surface area (Å²) in [5.74, 6) is 0.715. The van der Waals surface area contributed by atoms with Crippen LogP contribution in [0.15, 0.2) is 30.5 Å². The summed E-state index contributed by atoms with van der Waals surface area (Å²) < 4.78 is 43.1. The first kappa shape index (κ1) is 15.6. The van der Waals surface area contributed by atoms with Crippen LogP contribution in [0.4, 0.5) is 18.3 Å². The summed E-state index contributed by atoms with van der Waals surface area (Å²) in [6.07, 6.45) is -3.48. The lowest BCUT2D eigenvalue weighted by Gasteiger charge is -2.14. The van der Waals surface area contributed by atoms with Gasteiger partial charge in [-0.3, -0.25) is 0 Å². The van der Waals surface area contributed by atoms with Crippen molar-refractivity contribution in [1.82, 2.24) is 4.98 Å². The van der Waals surface area contributed by atoms with Crippen LogP contribution in [0.3, 0.4) is 0 Å². The van der Waals surface area contributed by atoms with E-state index in [0.717, 1.165) is 11.8 Å². The standard InChI is InChI=1S/C14H15F3N2OS/c1-9(2)20-11-6-4-3-5-10(11)7-18-13-19-8-12(21-13)14(15,16)17/h3-6,8-9H,7H2,1-2H3,(H,18,19). The zero-order valence-corrected chi connectivity index (χ0v) is 12.4. The van der Waals surface area contributed by atoms with Crippen molar-refractivity contribution >= 4 is 16.5 Å². The molecule has 1 heterocycles. The van der Waals surface area contributed by atoms with Gasteiger partial charge in [0, 0.05) is 12.1 Å². The molecule has 0 unspecified atom stereocenters. The number of halogens is 3. The molecule has 0 atom stereocenters. The van der Waals surface area contributed by atoms with E-state index < -0.39 is 11.1 Å². The van der Waals surface area contributed by atoms with Gasteiger partial charge in [-0.2, -0.15) is 13.2 Å². The van der Waals surface area contributed by atoms with Gasteiger partial charge >= 0.3 is 6.18 Å². The van der Waals surface area contributed by atoms with Crippen LogP contribution in [0.5, 0.6) is 5.75 Å². The molecule has 0 spiro atoms. The van der Waals surface area contributed by atoms with Crippen LogP contribution < -0.4 is 10.1 Å². The topological polar surface area (TPSA) is 34.1 Å². The molecule has 0 saturated carbocycles. The highest BCUT2D eigenvalue weighted by Gasteiger charge is 2.33. The number of hydrogen-bond donors (Lipinski definition) is 1. The molecule has 3 nitrogen and oxygen atoms in total. The summed E-state index contributed by atoms with van der Waals surface area (Å²) in [7, 11) is 0. The van der Waals surface area contributed by atoms with Crippen molar-refractivity contribution in [2.75, 3.05) is 5.32 Å². The monoisotopic (exact) mass is 316 g/mol. The maximum absolute atomic E-state index is 12.5. The van der Waals surface area contributed by atoms with E-state index in [1.165, 1.54) is 0 Å². The molecule has 0 saturated heterocycles. The fourth-order valence-electron chi connectivity index (χ4n) is 1.68. The molecule has 2 rings (SSSR count). The number of benzene rings is 1. The minimum absolute atomic E-state index is 0.0304. The van der Waals surface area contributed by atoms with Gasteiger partial charge in [0.1, 0.15) is 10.6 Å². The predicted molar refractivity (Wildman–Crippen MR) is 76.6 cm³/mol. The van der Waals surface area contributed by atoms with Crippen LogP contribution in [0.25, 0.3) is 0 Å². The quantitative estimate of drug-likeness (QED) is 0.878. The molecule has 0 aliphatic carbocycles. The van der Waals surface area contributed by atoms with Crippen LogP contribution in [0.1, 0.15) is 24.3 Å². The lowest BCUT2D eigenvalue weighted by atomic mass is 10.2. The minimum Gasteiger partial charge on any atom is -0.491 e. The summed E-state index contributed by atoms with van der Waals surface area (Å²) in [5, 5.41) is 3.13. The molecule has 0 aliphatic heterocycles. The highest BCUT2D eigenvalue weighted by atomic mass is 32.1. The second-order valence-corrected chi connectivity index (χ2v) is 5.69. The van der Waals surface area contributed by atoms with Gasteiger partial charge < -0.3 is 10.1 Å². The average Bonchev–Trinajstić information content (AvgIpc) is 2.86. The largest absolute Gasteiger partial charge is 0.491 e. The van der Waals surface area contributed by atoms with Gasteiger partial charge in [0.15, 0.2) is 5.13 Å². The van der Waals surface area contributed by atoms with Crippen molar-refractivity contribution in [1.29, 1.82) is 0 Å². The number of ether oxygens (including phenoxy) is 1. The van der Waals surface area contributed by atoms with Gasteiger partial charge in [-0.1, -0.05) is 29.5 Å². The number of para-hydroxylation sites is 1. The Kier molecular flexibility index (Phi) is 4.72. The Balaban J connectivity index is 2.05. The van der Waals surface area contributed by atoms with Crippen molar-refractivity contribution in [3.8, 4) is 5.75 Å². The molecule has 0 bridgehead atoms. The third-order valence-corrected chi connectivity index (χ3v) is 3.55. The van der Waals surface area contributed by atoms with E-state index in [9.17, 15) is 13.2 Å². The number of nitrogens with one attached hydrogen (secondary N) is 1. The third-order valence-electron chi connectivity index (χ3n) is 2.55. The van der Waals surface area contributed by atoms with E-state index in [1.807, 2.05) is 38.1 Å². The van der Waals surface area contributed by atoms with Crippen LogP contribution in [-0.4, -0.2) is 11.1 Å². The van der Waals surface area contributed by atoms with Crippen molar-refractivity contribution in [3.05, 3.63) is 40.9 Å². The Morgan fingerprint density at radius 2 is 2.00 bits per heavy atom. The van der Waals surface area contributed by atoms with Gasteiger partial charge in [-0.25, -0.2) is 4.98 Å². The number of alkyl halides is 3. The number of rotatable bonds is 5. The zero-order valence-electron chi connectivity index (χ0n) is 11.6. The Labute approximate surface area is 124 Å². The molecule has 114 valence electrons. The Morgan fingerprint density at radius 1 is 1.29 bits per heavy atom. The highest BCUT2D eigenvalue weighted by molar-refractivity contribution is 7.15. The summed E-state index contributed by atoms with van der Waals surface area (Å²) in [5.41, 5.74) is 0.870. The lowest BCUT2D eigenvalue weighted by molar-refractivity contribution is -0.134. The lowest BCUT2D eigenvalue weighted by Crippen LogP contribution is -2.09. The highest BCUT2D eigenvalue weighted by Crippen LogP contribution is 2.35. The van der Waals surface area contributed by atoms with E-state index in [-0.39, 0.29) is 11.2 Å². The summed E-state index contributed by atoms with van der Waals surface area (Å²) >= 11 is 0.591. The van der Waals surface area contributed by atoms with Gasteiger partial charge in [-0.05, 0) is 19.9 Å².